The summed E-state index contributed by atoms with van der Waals surface area (Å²) in [5.74, 6) is -6.41. The second-order valence-corrected chi connectivity index (χ2v) is 8.07. The molecule has 30 heavy (non-hydrogen) atoms. The Kier molecular flexibility index (Phi) is 6.31. The molecule has 154 valence electrons. The summed E-state index contributed by atoms with van der Waals surface area (Å²) in [7, 11) is 0. The minimum Gasteiger partial charge on any atom is -0.300 e. The van der Waals surface area contributed by atoms with Crippen molar-refractivity contribution in [3.63, 3.8) is 0 Å². The fourth-order valence-electron chi connectivity index (χ4n) is 2.84. The van der Waals surface area contributed by atoms with Crippen molar-refractivity contribution >= 4 is 34.8 Å². The van der Waals surface area contributed by atoms with E-state index in [1.807, 2.05) is 31.2 Å². The number of nitrogens with one attached hydrogen (secondary N) is 1. The molecule has 3 aromatic rings. The number of nitrogens with zero attached hydrogens (tertiary/aromatic N) is 1. The predicted molar refractivity (Wildman–Crippen MR) is 114 cm³/mol. The van der Waals surface area contributed by atoms with E-state index in [1.54, 1.807) is 36.6 Å². The maximum atomic E-state index is 14.3. The van der Waals surface area contributed by atoms with Crippen molar-refractivity contribution in [2.45, 2.75) is 20.8 Å². The van der Waals surface area contributed by atoms with Gasteiger partial charge in [0.2, 0.25) is 0 Å². The van der Waals surface area contributed by atoms with Crippen molar-refractivity contribution in [3.8, 4) is 0 Å². The first-order valence-corrected chi connectivity index (χ1v) is 9.81. The van der Waals surface area contributed by atoms with E-state index in [2.05, 4.69) is 4.98 Å². The zero-order valence-electron chi connectivity index (χ0n) is 16.5. The Morgan fingerprint density at radius 2 is 1.70 bits per heavy atom. The van der Waals surface area contributed by atoms with Gasteiger partial charge in [0.05, 0.1) is 17.0 Å². The predicted octanol–water partition coefficient (Wildman–Crippen LogP) is 6.96. The number of allylic oxidation sites excluding steroid dienone is 2. The van der Waals surface area contributed by atoms with E-state index in [-0.39, 0.29) is 0 Å². The van der Waals surface area contributed by atoms with Crippen LogP contribution in [-0.2, 0) is 0 Å². The summed E-state index contributed by atoms with van der Waals surface area (Å²) in [6.45, 7) is 4.64. The molecule has 0 bridgehead atoms. The molecular formula is C23H18F4N2S. The fourth-order valence-corrected chi connectivity index (χ4v) is 3.62. The molecule has 0 saturated heterocycles. The molecule has 2 aromatic heterocycles. The molecule has 0 fully saturated rings. The molecule has 0 aliphatic heterocycles. The topological polar surface area (TPSA) is 36.7 Å². The van der Waals surface area contributed by atoms with Gasteiger partial charge in [-0.05, 0) is 68.3 Å². The SMILES string of the molecule is C/C(=C\C(=N)c1c(F)c(C)c(F)c(F)c1F)c1cc(/C=C/c2ccc(C)s2)ccn1. The fraction of sp³-hybridized carbons (Fsp3) is 0.130. The van der Waals surface area contributed by atoms with Gasteiger partial charge >= 0.3 is 0 Å². The molecule has 0 atom stereocenters. The average molecular weight is 430 g/mol. The highest BCUT2D eigenvalue weighted by Crippen LogP contribution is 2.25. The molecule has 0 aliphatic rings. The normalized spacial score (nSPS) is 12.0. The maximum Gasteiger partial charge on any atom is 0.195 e. The van der Waals surface area contributed by atoms with Gasteiger partial charge < -0.3 is 5.41 Å². The Labute approximate surface area is 175 Å². The van der Waals surface area contributed by atoms with Crippen molar-refractivity contribution in [1.82, 2.24) is 4.98 Å². The van der Waals surface area contributed by atoms with E-state index in [1.165, 1.54) is 11.0 Å². The van der Waals surface area contributed by atoms with Crippen LogP contribution < -0.4 is 0 Å². The molecule has 1 aromatic carbocycles. The van der Waals surface area contributed by atoms with E-state index in [9.17, 15) is 17.6 Å². The van der Waals surface area contributed by atoms with E-state index in [0.717, 1.165) is 17.4 Å². The maximum absolute atomic E-state index is 14.3. The van der Waals surface area contributed by atoms with Gasteiger partial charge in [0, 0.05) is 21.5 Å². The smallest absolute Gasteiger partial charge is 0.195 e. The molecular weight excluding hydrogens is 412 g/mol. The minimum absolute atomic E-state index is 0.448. The molecule has 0 unspecified atom stereocenters. The van der Waals surface area contributed by atoms with E-state index < -0.39 is 40.1 Å². The highest BCUT2D eigenvalue weighted by Gasteiger charge is 2.24. The average Bonchev–Trinajstić information content (AvgIpc) is 3.14. The second kappa shape index (κ2) is 8.75. The zero-order chi connectivity index (χ0) is 22.0. The summed E-state index contributed by atoms with van der Waals surface area (Å²) in [4.78, 5) is 6.52. The molecule has 2 nitrogen and oxygen atoms in total. The first-order chi connectivity index (χ1) is 14.2. The minimum atomic E-state index is -1.80. The van der Waals surface area contributed by atoms with Gasteiger partial charge in [-0.15, -0.1) is 11.3 Å². The number of hydrogen-bond donors (Lipinski definition) is 1. The van der Waals surface area contributed by atoms with Crippen LogP contribution >= 0.6 is 11.3 Å². The Morgan fingerprint density at radius 3 is 2.37 bits per heavy atom. The van der Waals surface area contributed by atoms with Gasteiger partial charge in [0.1, 0.15) is 5.82 Å². The number of pyridine rings is 1. The van der Waals surface area contributed by atoms with Crippen molar-refractivity contribution in [2.24, 2.45) is 0 Å². The lowest BCUT2D eigenvalue weighted by Gasteiger charge is -2.10. The highest BCUT2D eigenvalue weighted by molar-refractivity contribution is 7.12. The third-order valence-electron chi connectivity index (χ3n) is 4.50. The Morgan fingerprint density at radius 1 is 0.967 bits per heavy atom. The second-order valence-electron chi connectivity index (χ2n) is 6.75. The standard InChI is InChI=1S/C23H18F4N2S/c1-12(10-17(28)19-20(24)14(3)21(25)23(27)22(19)26)18-11-15(8-9-29-18)5-7-16-6-4-13(2)30-16/h4-11,28H,1-3H3/b7-5+,12-10+,28-17?. The third kappa shape index (κ3) is 4.41. The first kappa shape index (κ1) is 21.6. The summed E-state index contributed by atoms with van der Waals surface area (Å²) in [6, 6.07) is 7.60. The summed E-state index contributed by atoms with van der Waals surface area (Å²) < 4.78 is 55.6. The Hall–Kier alpha value is -3.06. The van der Waals surface area contributed by atoms with Crippen molar-refractivity contribution < 1.29 is 17.6 Å². The van der Waals surface area contributed by atoms with Gasteiger partial charge in [0.25, 0.3) is 0 Å². The van der Waals surface area contributed by atoms with Crippen LogP contribution in [0, 0.1) is 42.5 Å². The van der Waals surface area contributed by atoms with Crippen LogP contribution in [0.2, 0.25) is 0 Å². The number of hydrogen-bond acceptors (Lipinski definition) is 3. The van der Waals surface area contributed by atoms with Crippen LogP contribution in [-0.4, -0.2) is 10.7 Å². The summed E-state index contributed by atoms with van der Waals surface area (Å²) in [5.41, 5.74) is -0.399. The van der Waals surface area contributed by atoms with E-state index in [0.29, 0.717) is 11.3 Å². The van der Waals surface area contributed by atoms with Crippen molar-refractivity contribution in [1.29, 1.82) is 5.41 Å². The molecule has 7 heteroatoms. The molecule has 0 amide bonds. The van der Waals surface area contributed by atoms with Crippen LogP contribution in [0.3, 0.4) is 0 Å². The molecule has 0 saturated carbocycles. The number of thiophene rings is 1. The Balaban J connectivity index is 1.91. The molecule has 1 N–H and O–H groups in total. The van der Waals surface area contributed by atoms with Gasteiger partial charge in [-0.2, -0.15) is 0 Å². The number of rotatable bonds is 5. The molecule has 0 spiro atoms. The highest BCUT2D eigenvalue weighted by atomic mass is 32.1. The van der Waals surface area contributed by atoms with Crippen LogP contribution in [0.4, 0.5) is 17.6 Å². The Bertz CT molecular complexity index is 1160. The molecule has 2 heterocycles. The van der Waals surface area contributed by atoms with Crippen LogP contribution in [0.25, 0.3) is 17.7 Å². The van der Waals surface area contributed by atoms with Gasteiger partial charge in [0.15, 0.2) is 17.5 Å². The number of benzene rings is 1. The zero-order valence-corrected chi connectivity index (χ0v) is 17.3. The largest absolute Gasteiger partial charge is 0.300 e. The number of halogens is 4. The quantitative estimate of drug-likeness (QED) is 0.202. The van der Waals surface area contributed by atoms with Gasteiger partial charge in [-0.3, -0.25) is 4.98 Å². The molecule has 0 radical (unpaired) electrons. The summed E-state index contributed by atoms with van der Waals surface area (Å²) in [6.07, 6.45) is 6.63. The summed E-state index contributed by atoms with van der Waals surface area (Å²) in [5, 5.41) is 8.02. The van der Waals surface area contributed by atoms with Crippen LogP contribution in [0.5, 0.6) is 0 Å². The third-order valence-corrected chi connectivity index (χ3v) is 5.47. The van der Waals surface area contributed by atoms with E-state index in [4.69, 9.17) is 5.41 Å². The van der Waals surface area contributed by atoms with E-state index >= 15 is 0 Å². The van der Waals surface area contributed by atoms with Crippen LogP contribution in [0.15, 0.2) is 36.5 Å². The number of aromatic nitrogens is 1. The summed E-state index contributed by atoms with van der Waals surface area (Å²) >= 11 is 1.66. The lowest BCUT2D eigenvalue weighted by Crippen LogP contribution is -2.11. The lowest BCUT2D eigenvalue weighted by molar-refractivity contribution is 0.427. The first-order valence-electron chi connectivity index (χ1n) is 8.99. The number of aryl methyl sites for hydroxylation is 1. The lowest BCUT2D eigenvalue weighted by atomic mass is 10.0. The van der Waals surface area contributed by atoms with Crippen LogP contribution in [0.1, 0.15) is 39.1 Å². The van der Waals surface area contributed by atoms with Gasteiger partial charge in [-0.1, -0.05) is 6.08 Å². The van der Waals surface area contributed by atoms with Crippen molar-refractivity contribution in [2.75, 3.05) is 0 Å². The van der Waals surface area contributed by atoms with Crippen molar-refractivity contribution in [3.05, 3.63) is 91.9 Å². The molecule has 3 rings (SSSR count). The van der Waals surface area contributed by atoms with Gasteiger partial charge in [-0.25, -0.2) is 17.6 Å². The molecule has 0 aliphatic carbocycles. The monoisotopic (exact) mass is 430 g/mol.